The number of nitrogens with one attached hydrogen (secondary N) is 2. The molecule has 0 aliphatic heterocycles. The van der Waals surface area contributed by atoms with Gasteiger partial charge in [-0.25, -0.2) is 0 Å². The Balaban J connectivity index is 4.89. The van der Waals surface area contributed by atoms with Crippen LogP contribution in [0.25, 0.3) is 0 Å². The SMILES string of the molecule is CC#CCC(O)CC=CNC(=O)C(NC(=O)C=CC=CC(C)=CC(C)C(O)CCO)C(C)(C)C. The molecular formula is C27H42N2O5. The summed E-state index contributed by atoms with van der Waals surface area (Å²) in [4.78, 5) is 25.0. The predicted octanol–water partition coefficient (Wildman–Crippen LogP) is 2.75. The molecule has 0 radical (unpaired) electrons. The highest BCUT2D eigenvalue weighted by molar-refractivity contribution is 5.93. The van der Waals surface area contributed by atoms with Gasteiger partial charge in [-0.3, -0.25) is 9.59 Å². The second-order valence-corrected chi connectivity index (χ2v) is 9.31. The third-order valence-electron chi connectivity index (χ3n) is 4.96. The number of hydrogen-bond acceptors (Lipinski definition) is 5. The van der Waals surface area contributed by atoms with Crippen molar-refractivity contribution in [1.29, 1.82) is 0 Å². The van der Waals surface area contributed by atoms with Gasteiger partial charge >= 0.3 is 0 Å². The van der Waals surface area contributed by atoms with Crippen LogP contribution < -0.4 is 10.6 Å². The molecule has 34 heavy (non-hydrogen) atoms. The first kappa shape index (κ1) is 31.3. The van der Waals surface area contributed by atoms with Gasteiger partial charge in [-0.05, 0) is 38.3 Å². The van der Waals surface area contributed by atoms with Crippen molar-refractivity contribution >= 4 is 11.8 Å². The maximum absolute atomic E-state index is 12.6. The molecule has 0 aromatic rings. The van der Waals surface area contributed by atoms with E-state index in [9.17, 15) is 19.8 Å². The molecule has 4 unspecified atom stereocenters. The monoisotopic (exact) mass is 474 g/mol. The lowest BCUT2D eigenvalue weighted by atomic mass is 9.86. The molecule has 0 saturated carbocycles. The second-order valence-electron chi connectivity index (χ2n) is 9.31. The topological polar surface area (TPSA) is 119 Å². The lowest BCUT2D eigenvalue weighted by Gasteiger charge is -2.29. The van der Waals surface area contributed by atoms with E-state index in [2.05, 4.69) is 22.5 Å². The number of aliphatic hydroxyl groups excluding tert-OH is 3. The molecule has 190 valence electrons. The Hall–Kier alpha value is -2.66. The Morgan fingerprint density at radius 2 is 1.76 bits per heavy atom. The fourth-order valence-electron chi connectivity index (χ4n) is 2.95. The van der Waals surface area contributed by atoms with Crippen LogP contribution in [0.15, 0.2) is 48.2 Å². The first-order valence-corrected chi connectivity index (χ1v) is 11.6. The molecule has 7 heteroatoms. The number of allylic oxidation sites excluding steroid dienone is 4. The van der Waals surface area contributed by atoms with Gasteiger partial charge in [0.05, 0.1) is 12.2 Å². The average Bonchev–Trinajstić information content (AvgIpc) is 2.75. The van der Waals surface area contributed by atoms with Crippen molar-refractivity contribution < 1.29 is 24.9 Å². The summed E-state index contributed by atoms with van der Waals surface area (Å²) in [6, 6.07) is -0.760. The molecule has 0 rings (SSSR count). The summed E-state index contributed by atoms with van der Waals surface area (Å²) in [7, 11) is 0. The van der Waals surface area contributed by atoms with Crippen LogP contribution in [0.5, 0.6) is 0 Å². The van der Waals surface area contributed by atoms with Crippen LogP contribution in [0.2, 0.25) is 0 Å². The molecular weight excluding hydrogens is 432 g/mol. The Kier molecular flexibility index (Phi) is 15.6. The smallest absolute Gasteiger partial charge is 0.247 e. The minimum Gasteiger partial charge on any atom is -0.396 e. The van der Waals surface area contributed by atoms with Crippen LogP contribution in [0, 0.1) is 23.2 Å². The summed E-state index contributed by atoms with van der Waals surface area (Å²) < 4.78 is 0. The molecule has 0 aromatic carbocycles. The van der Waals surface area contributed by atoms with Crippen LogP contribution in [0.3, 0.4) is 0 Å². The molecule has 5 N–H and O–H groups in total. The van der Waals surface area contributed by atoms with Crippen molar-refractivity contribution in [3.63, 3.8) is 0 Å². The number of carbonyl (C=O) groups is 2. The first-order valence-electron chi connectivity index (χ1n) is 11.6. The van der Waals surface area contributed by atoms with E-state index in [0.29, 0.717) is 19.3 Å². The van der Waals surface area contributed by atoms with Gasteiger partial charge in [0.1, 0.15) is 6.04 Å². The van der Waals surface area contributed by atoms with E-state index in [1.165, 1.54) is 12.3 Å². The summed E-state index contributed by atoms with van der Waals surface area (Å²) >= 11 is 0. The molecule has 0 aliphatic rings. The molecule has 0 aliphatic carbocycles. The Morgan fingerprint density at radius 1 is 1.12 bits per heavy atom. The molecule has 0 bridgehead atoms. The quantitative estimate of drug-likeness (QED) is 0.160. The van der Waals surface area contributed by atoms with Gasteiger partial charge in [0.15, 0.2) is 0 Å². The van der Waals surface area contributed by atoms with Crippen molar-refractivity contribution in [2.75, 3.05) is 6.61 Å². The molecule has 7 nitrogen and oxygen atoms in total. The number of carbonyl (C=O) groups excluding carboxylic acids is 2. The maximum Gasteiger partial charge on any atom is 0.247 e. The summed E-state index contributed by atoms with van der Waals surface area (Å²) in [5, 5.41) is 34.0. The van der Waals surface area contributed by atoms with E-state index >= 15 is 0 Å². The Labute approximate surface area is 204 Å². The third-order valence-corrected chi connectivity index (χ3v) is 4.96. The van der Waals surface area contributed by atoms with Crippen LogP contribution in [-0.4, -0.2) is 52.0 Å². The molecule has 0 aromatic heterocycles. The van der Waals surface area contributed by atoms with Crippen LogP contribution in [0.4, 0.5) is 0 Å². The minimum atomic E-state index is -0.760. The minimum absolute atomic E-state index is 0.0617. The molecule has 4 atom stereocenters. The molecule has 2 amide bonds. The van der Waals surface area contributed by atoms with Gasteiger partial charge in [0.25, 0.3) is 0 Å². The lowest BCUT2D eigenvalue weighted by Crippen LogP contribution is -2.52. The maximum atomic E-state index is 12.6. The van der Waals surface area contributed by atoms with E-state index in [4.69, 9.17) is 5.11 Å². The van der Waals surface area contributed by atoms with Gasteiger partial charge in [0, 0.05) is 25.0 Å². The number of aliphatic hydroxyl groups is 3. The second kappa shape index (κ2) is 16.9. The van der Waals surface area contributed by atoms with Crippen molar-refractivity contribution in [2.24, 2.45) is 11.3 Å². The molecule has 0 spiro atoms. The van der Waals surface area contributed by atoms with Crippen molar-refractivity contribution in [2.45, 2.75) is 79.1 Å². The summed E-state index contributed by atoms with van der Waals surface area (Å²) in [6.07, 6.45) is 11.3. The normalized spacial score (nSPS) is 16.2. The molecule has 0 heterocycles. The van der Waals surface area contributed by atoms with E-state index < -0.39 is 29.6 Å². The fraction of sp³-hybridized carbons (Fsp3) is 0.556. The number of amides is 2. The standard InChI is InChI=1S/C27H42N2O5/c1-7-8-13-22(31)14-11-17-28-26(34)25(27(4,5)6)29-24(33)15-10-9-12-20(2)19-21(3)23(32)16-18-30/h9-12,15,17,19,21-23,25,30-32H,13-14,16,18H2,1-6H3,(H,28,34)(H,29,33). The Bertz CT molecular complexity index is 809. The highest BCUT2D eigenvalue weighted by atomic mass is 16.3. The fourth-order valence-corrected chi connectivity index (χ4v) is 2.95. The zero-order chi connectivity index (χ0) is 26.1. The van der Waals surface area contributed by atoms with Gasteiger partial charge in [-0.1, -0.05) is 63.6 Å². The van der Waals surface area contributed by atoms with Gasteiger partial charge in [0.2, 0.25) is 11.8 Å². The van der Waals surface area contributed by atoms with Gasteiger partial charge in [-0.2, -0.15) is 0 Å². The summed E-state index contributed by atoms with van der Waals surface area (Å²) in [6.45, 7) is 11.0. The Morgan fingerprint density at radius 3 is 2.35 bits per heavy atom. The van der Waals surface area contributed by atoms with Crippen molar-refractivity contribution in [3.8, 4) is 11.8 Å². The van der Waals surface area contributed by atoms with Crippen molar-refractivity contribution in [1.82, 2.24) is 10.6 Å². The van der Waals surface area contributed by atoms with Crippen LogP contribution in [-0.2, 0) is 9.59 Å². The van der Waals surface area contributed by atoms with Crippen LogP contribution in [0.1, 0.15) is 60.8 Å². The lowest BCUT2D eigenvalue weighted by molar-refractivity contribution is -0.129. The zero-order valence-electron chi connectivity index (χ0n) is 21.3. The first-order chi connectivity index (χ1) is 15.9. The summed E-state index contributed by atoms with van der Waals surface area (Å²) in [5.41, 5.74) is 0.401. The highest BCUT2D eigenvalue weighted by Gasteiger charge is 2.31. The van der Waals surface area contributed by atoms with Crippen LogP contribution >= 0.6 is 0 Å². The van der Waals surface area contributed by atoms with E-state index in [1.807, 2.05) is 46.8 Å². The predicted molar refractivity (Wildman–Crippen MR) is 136 cm³/mol. The van der Waals surface area contributed by atoms with E-state index in [1.54, 1.807) is 25.2 Å². The van der Waals surface area contributed by atoms with Crippen molar-refractivity contribution in [3.05, 3.63) is 48.2 Å². The molecule has 0 fully saturated rings. The largest absolute Gasteiger partial charge is 0.396 e. The third kappa shape index (κ3) is 14.5. The summed E-state index contributed by atoms with van der Waals surface area (Å²) in [5.74, 6) is 4.68. The van der Waals surface area contributed by atoms with E-state index in [0.717, 1.165) is 5.57 Å². The average molecular weight is 475 g/mol. The van der Waals surface area contributed by atoms with E-state index in [-0.39, 0.29) is 18.4 Å². The number of hydrogen-bond donors (Lipinski definition) is 5. The number of rotatable bonds is 13. The highest BCUT2D eigenvalue weighted by Crippen LogP contribution is 2.19. The van der Waals surface area contributed by atoms with Gasteiger partial charge in [-0.15, -0.1) is 11.8 Å². The zero-order valence-corrected chi connectivity index (χ0v) is 21.3. The van der Waals surface area contributed by atoms with Gasteiger partial charge < -0.3 is 26.0 Å². The molecule has 0 saturated heterocycles.